The zero-order valence-corrected chi connectivity index (χ0v) is 19.4. The monoisotopic (exact) mass is 472 g/mol. The number of esters is 1. The summed E-state index contributed by atoms with van der Waals surface area (Å²) in [5.74, 6) is -2.76. The first-order chi connectivity index (χ1) is 16.8. The van der Waals surface area contributed by atoms with Gasteiger partial charge in [-0.05, 0) is 24.5 Å². The minimum Gasteiger partial charge on any atom is -0.462 e. The number of imide groups is 1. The Morgan fingerprint density at radius 3 is 2.46 bits per heavy atom. The number of nitrogens with two attached hydrogens (primary N) is 1. The molecular formula is C27H24N2O6. The van der Waals surface area contributed by atoms with Crippen LogP contribution >= 0.6 is 0 Å². The van der Waals surface area contributed by atoms with Crippen molar-refractivity contribution < 1.29 is 28.7 Å². The molecule has 0 saturated carbocycles. The largest absolute Gasteiger partial charge is 0.462 e. The first-order valence-electron chi connectivity index (χ1n) is 11.4. The summed E-state index contributed by atoms with van der Waals surface area (Å²) in [6.07, 6.45) is 0.415. The van der Waals surface area contributed by atoms with E-state index in [0.29, 0.717) is 17.7 Å². The van der Waals surface area contributed by atoms with Gasteiger partial charge in [0, 0.05) is 25.3 Å². The molecule has 3 aliphatic rings. The number of nitrogens with zero attached hydrogens (tertiary/aromatic N) is 1. The van der Waals surface area contributed by atoms with Crippen LogP contribution in [0.4, 0.5) is 5.69 Å². The SMILES string of the molecule is CCOC(=O)C1=C(N)OC2=C(C(=O)C[C@H](c3ccccc3)C2)[C@]12C(=O)N(C(C)=O)c1ccccc12. The van der Waals surface area contributed by atoms with Gasteiger partial charge in [0.25, 0.3) is 5.91 Å². The first kappa shape index (κ1) is 22.6. The van der Waals surface area contributed by atoms with Crippen LogP contribution in [-0.2, 0) is 34.1 Å². The third-order valence-corrected chi connectivity index (χ3v) is 6.79. The van der Waals surface area contributed by atoms with E-state index >= 15 is 0 Å². The molecule has 2 aromatic rings. The highest BCUT2D eigenvalue weighted by Crippen LogP contribution is 2.57. The van der Waals surface area contributed by atoms with E-state index in [0.717, 1.165) is 10.5 Å². The van der Waals surface area contributed by atoms with Crippen LogP contribution < -0.4 is 10.6 Å². The summed E-state index contributed by atoms with van der Waals surface area (Å²) in [6, 6.07) is 16.1. The summed E-state index contributed by atoms with van der Waals surface area (Å²) < 4.78 is 11.2. The molecule has 0 aromatic heterocycles. The van der Waals surface area contributed by atoms with Crippen molar-refractivity contribution in [3.8, 4) is 0 Å². The number of Topliss-reactive ketones (excluding diaryl/α,β-unsaturated/α-hetero) is 1. The lowest BCUT2D eigenvalue weighted by Gasteiger charge is -2.40. The molecule has 2 aromatic carbocycles. The Morgan fingerprint density at radius 1 is 1.09 bits per heavy atom. The summed E-state index contributed by atoms with van der Waals surface area (Å²) in [4.78, 5) is 54.8. The van der Waals surface area contributed by atoms with Crippen LogP contribution in [0, 0.1) is 0 Å². The molecule has 178 valence electrons. The maximum Gasteiger partial charge on any atom is 0.341 e. The van der Waals surface area contributed by atoms with E-state index in [-0.39, 0.29) is 47.5 Å². The summed E-state index contributed by atoms with van der Waals surface area (Å²) in [6.45, 7) is 2.90. The minimum atomic E-state index is -1.93. The topological polar surface area (TPSA) is 116 Å². The molecule has 0 bridgehead atoms. The van der Waals surface area contributed by atoms with E-state index in [1.165, 1.54) is 6.92 Å². The molecule has 0 unspecified atom stereocenters. The Kier molecular flexibility index (Phi) is 5.31. The number of anilines is 1. The molecule has 2 N–H and O–H groups in total. The van der Waals surface area contributed by atoms with Crippen LogP contribution in [0.25, 0.3) is 0 Å². The lowest BCUT2D eigenvalue weighted by Crippen LogP contribution is -2.52. The zero-order chi connectivity index (χ0) is 24.9. The number of carbonyl (C=O) groups excluding carboxylic acids is 4. The Morgan fingerprint density at radius 2 is 1.77 bits per heavy atom. The number of benzene rings is 2. The quantitative estimate of drug-likeness (QED) is 0.683. The zero-order valence-electron chi connectivity index (χ0n) is 19.4. The van der Waals surface area contributed by atoms with Crippen molar-refractivity contribution in [1.29, 1.82) is 0 Å². The maximum atomic E-state index is 14.2. The van der Waals surface area contributed by atoms with Gasteiger partial charge in [-0.15, -0.1) is 0 Å². The van der Waals surface area contributed by atoms with E-state index in [9.17, 15) is 19.2 Å². The smallest absolute Gasteiger partial charge is 0.341 e. The molecule has 1 aliphatic carbocycles. The standard InChI is InChI=1S/C27H24N2O6/c1-3-34-25(32)23-24(28)35-21-14-17(16-9-5-4-6-10-16)13-20(31)22(21)27(23)18-11-7-8-12-19(18)29(15(2)30)26(27)33/h4-12,17H,3,13-14,28H2,1-2H3/t17-,27-/m0/s1. The van der Waals surface area contributed by atoms with Gasteiger partial charge in [0.2, 0.25) is 11.8 Å². The molecule has 0 fully saturated rings. The van der Waals surface area contributed by atoms with E-state index in [4.69, 9.17) is 15.2 Å². The lowest BCUT2D eigenvalue weighted by molar-refractivity contribution is -0.141. The molecule has 8 heteroatoms. The summed E-state index contributed by atoms with van der Waals surface area (Å²) in [7, 11) is 0. The molecule has 2 atom stereocenters. The van der Waals surface area contributed by atoms with Crippen LogP contribution in [0.3, 0.4) is 0 Å². The summed E-state index contributed by atoms with van der Waals surface area (Å²) in [5, 5.41) is 0. The van der Waals surface area contributed by atoms with E-state index < -0.39 is 23.2 Å². The fraction of sp³-hybridized carbons (Fsp3) is 0.259. The van der Waals surface area contributed by atoms with Gasteiger partial charge in [-0.25, -0.2) is 9.69 Å². The third kappa shape index (κ3) is 3.13. The molecule has 35 heavy (non-hydrogen) atoms. The number of hydrogen-bond acceptors (Lipinski definition) is 7. The van der Waals surface area contributed by atoms with Gasteiger partial charge < -0.3 is 15.2 Å². The minimum absolute atomic E-state index is 0.0217. The molecule has 0 saturated heterocycles. The Balaban J connectivity index is 1.79. The number of ether oxygens (including phenoxy) is 2. The normalized spacial score (nSPS) is 23.3. The number of fused-ring (bicyclic) bond motifs is 3. The molecule has 8 nitrogen and oxygen atoms in total. The van der Waals surface area contributed by atoms with Crippen molar-refractivity contribution in [2.45, 2.75) is 38.0 Å². The highest BCUT2D eigenvalue weighted by Gasteiger charge is 2.65. The predicted octanol–water partition coefficient (Wildman–Crippen LogP) is 2.98. The average Bonchev–Trinajstić information content (AvgIpc) is 3.08. The fourth-order valence-electron chi connectivity index (χ4n) is 5.48. The molecular weight excluding hydrogens is 448 g/mol. The van der Waals surface area contributed by atoms with Crippen LogP contribution in [-0.4, -0.2) is 30.2 Å². The van der Waals surface area contributed by atoms with E-state index in [2.05, 4.69) is 0 Å². The van der Waals surface area contributed by atoms with Crippen molar-refractivity contribution in [2.24, 2.45) is 5.73 Å². The average molecular weight is 472 g/mol. The molecule has 2 heterocycles. The lowest BCUT2D eigenvalue weighted by atomic mass is 9.63. The fourth-order valence-corrected chi connectivity index (χ4v) is 5.48. The third-order valence-electron chi connectivity index (χ3n) is 6.79. The van der Waals surface area contributed by atoms with Crippen LogP contribution in [0.1, 0.15) is 43.7 Å². The van der Waals surface area contributed by atoms with Gasteiger partial charge in [0.1, 0.15) is 16.7 Å². The second-order valence-electron chi connectivity index (χ2n) is 8.73. The number of hydrogen-bond donors (Lipinski definition) is 1. The highest BCUT2D eigenvalue weighted by molar-refractivity contribution is 6.30. The second-order valence-corrected chi connectivity index (χ2v) is 8.73. The number of ketones is 1. The van der Waals surface area contributed by atoms with Crippen molar-refractivity contribution in [1.82, 2.24) is 0 Å². The number of carbonyl (C=O) groups is 4. The van der Waals surface area contributed by atoms with Crippen LogP contribution in [0.2, 0.25) is 0 Å². The van der Waals surface area contributed by atoms with Gasteiger partial charge >= 0.3 is 5.97 Å². The van der Waals surface area contributed by atoms with Crippen molar-refractivity contribution in [3.05, 3.63) is 88.5 Å². The van der Waals surface area contributed by atoms with Gasteiger partial charge in [-0.1, -0.05) is 48.5 Å². The molecule has 5 rings (SSSR count). The molecule has 2 amide bonds. The van der Waals surface area contributed by atoms with Crippen LogP contribution in [0.5, 0.6) is 0 Å². The van der Waals surface area contributed by atoms with Crippen molar-refractivity contribution >= 4 is 29.3 Å². The highest BCUT2D eigenvalue weighted by atomic mass is 16.5. The molecule has 2 aliphatic heterocycles. The summed E-state index contributed by atoms with van der Waals surface area (Å²) in [5.41, 5.74) is 5.72. The van der Waals surface area contributed by atoms with Crippen molar-refractivity contribution in [3.63, 3.8) is 0 Å². The number of para-hydroxylation sites is 1. The Hall–Kier alpha value is -4.20. The van der Waals surface area contributed by atoms with Gasteiger partial charge in [-0.2, -0.15) is 0 Å². The molecule has 0 radical (unpaired) electrons. The van der Waals surface area contributed by atoms with E-state index in [1.54, 1.807) is 31.2 Å². The predicted molar refractivity (Wildman–Crippen MR) is 126 cm³/mol. The number of rotatable bonds is 3. The van der Waals surface area contributed by atoms with Crippen molar-refractivity contribution in [2.75, 3.05) is 11.5 Å². The van der Waals surface area contributed by atoms with Gasteiger partial charge in [0.05, 0.1) is 17.9 Å². The number of allylic oxidation sites excluding steroid dienone is 1. The van der Waals surface area contributed by atoms with Gasteiger partial charge in [-0.3, -0.25) is 14.4 Å². The van der Waals surface area contributed by atoms with Gasteiger partial charge in [0.15, 0.2) is 5.78 Å². The maximum absolute atomic E-state index is 14.2. The molecule has 1 spiro atoms. The summed E-state index contributed by atoms with van der Waals surface area (Å²) >= 11 is 0. The second kappa shape index (κ2) is 8.23. The van der Waals surface area contributed by atoms with E-state index in [1.807, 2.05) is 30.3 Å². The number of amides is 2. The Bertz CT molecular complexity index is 1340. The van der Waals surface area contributed by atoms with Crippen LogP contribution in [0.15, 0.2) is 77.4 Å². The first-order valence-corrected chi connectivity index (χ1v) is 11.4. The Labute approximate surface area is 202 Å².